The highest BCUT2D eigenvalue weighted by Gasteiger charge is 2.25. The molecule has 0 saturated heterocycles. The van der Waals surface area contributed by atoms with Gasteiger partial charge in [-0.05, 0) is 70.1 Å². The van der Waals surface area contributed by atoms with E-state index in [1.165, 1.54) is 0 Å². The Morgan fingerprint density at radius 2 is 1.87 bits per heavy atom. The first kappa shape index (κ1) is 15.6. The van der Waals surface area contributed by atoms with Crippen molar-refractivity contribution in [2.45, 2.75) is 13.3 Å². The van der Waals surface area contributed by atoms with E-state index < -0.39 is 0 Å². The largest absolute Gasteiger partial charge is 0.497 e. The van der Waals surface area contributed by atoms with Crippen molar-refractivity contribution in [2.75, 3.05) is 7.11 Å². The molecule has 0 atom stereocenters. The molecule has 2 nitrogen and oxygen atoms in total. The zero-order valence-corrected chi connectivity index (χ0v) is 13.9. The van der Waals surface area contributed by atoms with Gasteiger partial charge in [0.25, 0.3) is 0 Å². The summed E-state index contributed by atoms with van der Waals surface area (Å²) in [4.78, 5) is 11.5. The SMILES string of the molecule is COc1ccc2c(c1)C(CC(=O)Cl)=C(C)/C2=C\c1ccccc1. The lowest BCUT2D eigenvalue weighted by Gasteiger charge is -2.07. The fourth-order valence-corrected chi connectivity index (χ4v) is 3.10. The molecular formula is C20H17ClO2. The highest BCUT2D eigenvalue weighted by molar-refractivity contribution is 6.64. The van der Waals surface area contributed by atoms with Crippen molar-refractivity contribution in [1.29, 1.82) is 0 Å². The Hall–Kier alpha value is -2.32. The number of rotatable bonds is 4. The van der Waals surface area contributed by atoms with Crippen LogP contribution in [0.4, 0.5) is 0 Å². The van der Waals surface area contributed by atoms with E-state index in [9.17, 15) is 4.79 Å². The summed E-state index contributed by atoms with van der Waals surface area (Å²) < 4.78 is 5.32. The van der Waals surface area contributed by atoms with Crippen molar-refractivity contribution >= 4 is 34.1 Å². The second-order valence-electron chi connectivity index (χ2n) is 5.52. The van der Waals surface area contributed by atoms with Crippen molar-refractivity contribution in [3.8, 4) is 5.75 Å². The summed E-state index contributed by atoms with van der Waals surface area (Å²) in [5.74, 6) is 0.775. The molecule has 0 fully saturated rings. The molecular weight excluding hydrogens is 308 g/mol. The Bertz CT molecular complexity index is 817. The van der Waals surface area contributed by atoms with Crippen molar-refractivity contribution in [1.82, 2.24) is 0 Å². The zero-order valence-electron chi connectivity index (χ0n) is 13.1. The van der Waals surface area contributed by atoms with Crippen molar-refractivity contribution < 1.29 is 9.53 Å². The number of ether oxygens (including phenoxy) is 1. The molecule has 0 heterocycles. The van der Waals surface area contributed by atoms with Crippen LogP contribution in [0.25, 0.3) is 17.2 Å². The molecule has 1 aliphatic carbocycles. The molecule has 2 aromatic rings. The van der Waals surface area contributed by atoms with Gasteiger partial charge in [-0.3, -0.25) is 4.79 Å². The van der Waals surface area contributed by atoms with Crippen LogP contribution in [0.2, 0.25) is 0 Å². The van der Waals surface area contributed by atoms with Crippen molar-refractivity contribution in [2.24, 2.45) is 0 Å². The Morgan fingerprint density at radius 1 is 1.13 bits per heavy atom. The van der Waals surface area contributed by atoms with E-state index in [1.54, 1.807) is 7.11 Å². The number of halogens is 1. The summed E-state index contributed by atoms with van der Waals surface area (Å²) in [6.45, 7) is 2.04. The molecule has 0 aliphatic heterocycles. The average Bonchev–Trinajstić information content (AvgIpc) is 2.80. The molecule has 23 heavy (non-hydrogen) atoms. The van der Waals surface area contributed by atoms with E-state index in [1.807, 2.05) is 43.3 Å². The van der Waals surface area contributed by atoms with E-state index in [-0.39, 0.29) is 11.7 Å². The van der Waals surface area contributed by atoms with Crippen LogP contribution in [0.15, 0.2) is 54.1 Å². The molecule has 0 aromatic heterocycles. The zero-order chi connectivity index (χ0) is 16.4. The maximum Gasteiger partial charge on any atom is 0.226 e. The Labute approximate surface area is 141 Å². The molecule has 0 saturated carbocycles. The minimum Gasteiger partial charge on any atom is -0.497 e. The predicted molar refractivity (Wildman–Crippen MR) is 95.4 cm³/mol. The summed E-state index contributed by atoms with van der Waals surface area (Å²) in [6.07, 6.45) is 2.37. The van der Waals surface area contributed by atoms with Gasteiger partial charge in [-0.1, -0.05) is 36.4 Å². The second-order valence-corrected chi connectivity index (χ2v) is 5.94. The van der Waals surface area contributed by atoms with Gasteiger partial charge >= 0.3 is 0 Å². The topological polar surface area (TPSA) is 26.3 Å². The van der Waals surface area contributed by atoms with Crippen molar-refractivity contribution in [3.05, 3.63) is 70.8 Å². The lowest BCUT2D eigenvalue weighted by atomic mass is 10.0. The monoisotopic (exact) mass is 324 g/mol. The third-order valence-electron chi connectivity index (χ3n) is 4.13. The Balaban J connectivity index is 2.17. The molecule has 3 heteroatoms. The van der Waals surface area contributed by atoms with Crippen LogP contribution in [0.3, 0.4) is 0 Å². The first-order chi connectivity index (χ1) is 11.1. The maximum atomic E-state index is 11.5. The molecule has 1 aliphatic rings. The third-order valence-corrected chi connectivity index (χ3v) is 4.26. The number of methoxy groups -OCH3 is 1. The van der Waals surface area contributed by atoms with E-state index in [4.69, 9.17) is 16.3 Å². The number of benzene rings is 2. The highest BCUT2D eigenvalue weighted by Crippen LogP contribution is 2.45. The quantitative estimate of drug-likeness (QED) is 0.724. The molecule has 0 spiro atoms. The second kappa shape index (κ2) is 6.43. The van der Waals surface area contributed by atoms with Gasteiger partial charge in [0.05, 0.1) is 7.11 Å². The van der Waals surface area contributed by atoms with Gasteiger partial charge in [-0.2, -0.15) is 0 Å². The van der Waals surface area contributed by atoms with Gasteiger partial charge in [-0.15, -0.1) is 0 Å². The number of carbonyl (C=O) groups is 1. The summed E-state index contributed by atoms with van der Waals surface area (Å²) in [5, 5.41) is -0.353. The van der Waals surface area contributed by atoms with E-state index >= 15 is 0 Å². The molecule has 0 amide bonds. The summed E-state index contributed by atoms with van der Waals surface area (Å²) in [7, 11) is 1.64. The highest BCUT2D eigenvalue weighted by atomic mass is 35.5. The van der Waals surface area contributed by atoms with Crippen LogP contribution in [0.5, 0.6) is 5.75 Å². The number of hydrogen-bond acceptors (Lipinski definition) is 2. The van der Waals surface area contributed by atoms with Crippen LogP contribution in [0.1, 0.15) is 30.0 Å². The van der Waals surface area contributed by atoms with Crippen molar-refractivity contribution in [3.63, 3.8) is 0 Å². The van der Waals surface area contributed by atoms with Gasteiger partial charge in [0, 0.05) is 6.42 Å². The fourth-order valence-electron chi connectivity index (χ4n) is 2.97. The lowest BCUT2D eigenvalue weighted by Crippen LogP contribution is -1.92. The number of carbonyl (C=O) groups excluding carboxylic acids is 1. The molecule has 116 valence electrons. The van der Waals surface area contributed by atoms with Crippen LogP contribution in [-0.2, 0) is 4.79 Å². The first-order valence-electron chi connectivity index (χ1n) is 7.44. The van der Waals surface area contributed by atoms with Gasteiger partial charge in [0.15, 0.2) is 0 Å². The van der Waals surface area contributed by atoms with E-state index in [0.717, 1.165) is 39.2 Å². The molecule has 0 N–H and O–H groups in total. The maximum absolute atomic E-state index is 11.5. The first-order valence-corrected chi connectivity index (χ1v) is 7.82. The van der Waals surface area contributed by atoms with Gasteiger partial charge in [0.1, 0.15) is 5.75 Å². The van der Waals surface area contributed by atoms with Gasteiger partial charge < -0.3 is 4.74 Å². The lowest BCUT2D eigenvalue weighted by molar-refractivity contribution is -0.110. The van der Waals surface area contributed by atoms with Gasteiger partial charge in [-0.25, -0.2) is 0 Å². The van der Waals surface area contributed by atoms with E-state index in [0.29, 0.717) is 0 Å². The van der Waals surface area contributed by atoms with Crippen LogP contribution < -0.4 is 4.74 Å². The molecule has 2 aromatic carbocycles. The van der Waals surface area contributed by atoms with E-state index in [2.05, 4.69) is 18.2 Å². The minimum absolute atomic E-state index is 0.222. The summed E-state index contributed by atoms with van der Waals surface area (Å²) in [5.41, 5.74) is 6.45. The van der Waals surface area contributed by atoms with Gasteiger partial charge in [0.2, 0.25) is 5.24 Å². The molecule has 3 rings (SSSR count). The minimum atomic E-state index is -0.353. The Kier molecular flexibility index (Phi) is 4.35. The van der Waals surface area contributed by atoms with Crippen LogP contribution in [0, 0.1) is 0 Å². The number of hydrogen-bond donors (Lipinski definition) is 0. The third kappa shape index (κ3) is 3.08. The smallest absolute Gasteiger partial charge is 0.226 e. The normalized spacial score (nSPS) is 15.0. The average molecular weight is 325 g/mol. The fraction of sp³-hybridized carbons (Fsp3) is 0.150. The number of fused-ring (bicyclic) bond motifs is 1. The Morgan fingerprint density at radius 3 is 2.52 bits per heavy atom. The summed E-state index contributed by atoms with van der Waals surface area (Å²) in [6, 6.07) is 16.1. The molecule has 0 bridgehead atoms. The molecule has 0 radical (unpaired) electrons. The standard InChI is InChI=1S/C20H17ClO2/c1-13-17(10-14-6-4-3-5-7-14)16-9-8-15(23-2)11-19(16)18(13)12-20(21)22/h3-11H,12H2,1-2H3/b17-10+. The summed E-state index contributed by atoms with van der Waals surface area (Å²) >= 11 is 5.65. The van der Waals surface area contributed by atoms with Crippen LogP contribution in [-0.4, -0.2) is 12.4 Å². The molecule has 0 unspecified atom stereocenters. The predicted octanol–water partition coefficient (Wildman–Crippen LogP) is 5.18. The number of allylic oxidation sites excluding steroid dienone is 3. The van der Waals surface area contributed by atoms with Crippen LogP contribution >= 0.6 is 11.6 Å².